The van der Waals surface area contributed by atoms with Crippen LogP contribution in [-0.2, 0) is 13.0 Å². The third kappa shape index (κ3) is 5.75. The number of hydrogen-bond acceptors (Lipinski definition) is 4. The molecule has 0 aromatic heterocycles. The molecule has 1 aliphatic heterocycles. The predicted molar refractivity (Wildman–Crippen MR) is 113 cm³/mol. The van der Waals surface area contributed by atoms with Crippen molar-refractivity contribution >= 4 is 12.0 Å². The van der Waals surface area contributed by atoms with E-state index < -0.39 is 0 Å². The van der Waals surface area contributed by atoms with Gasteiger partial charge in [-0.3, -0.25) is 4.79 Å². The van der Waals surface area contributed by atoms with Gasteiger partial charge < -0.3 is 14.4 Å². The zero-order chi connectivity index (χ0) is 20.2. The molecule has 4 heteroatoms. The molecule has 0 radical (unpaired) electrons. The fourth-order valence-corrected chi connectivity index (χ4v) is 3.12. The van der Waals surface area contributed by atoms with Crippen molar-refractivity contribution in [3.63, 3.8) is 0 Å². The van der Waals surface area contributed by atoms with Crippen molar-refractivity contribution < 1.29 is 14.3 Å². The van der Waals surface area contributed by atoms with Crippen molar-refractivity contribution in [1.29, 1.82) is 0 Å². The number of carbonyl (C=O) groups is 1. The van der Waals surface area contributed by atoms with Crippen LogP contribution in [0.4, 0.5) is 5.69 Å². The molecule has 0 fully saturated rings. The van der Waals surface area contributed by atoms with E-state index in [4.69, 9.17) is 9.47 Å². The van der Waals surface area contributed by atoms with Crippen molar-refractivity contribution in [2.45, 2.75) is 47.1 Å². The SMILES string of the molecule is CC.CC.COc1ccc(CN2CCCc3cc(C=O)ccc32)c(OC)c1. The zero-order valence-electron chi connectivity index (χ0n) is 17.5. The molecule has 1 aliphatic rings. The Morgan fingerprint density at radius 3 is 2.37 bits per heavy atom. The molecule has 27 heavy (non-hydrogen) atoms. The van der Waals surface area contributed by atoms with E-state index >= 15 is 0 Å². The molecule has 0 saturated carbocycles. The summed E-state index contributed by atoms with van der Waals surface area (Å²) in [5.41, 5.74) is 4.32. The third-order valence-corrected chi connectivity index (χ3v) is 4.31. The lowest BCUT2D eigenvalue weighted by molar-refractivity contribution is 0.112. The molecule has 0 saturated heterocycles. The average Bonchev–Trinajstić information content (AvgIpc) is 2.76. The van der Waals surface area contributed by atoms with Crippen LogP contribution in [0.25, 0.3) is 0 Å². The number of fused-ring (bicyclic) bond motifs is 1. The normalized spacial score (nSPS) is 11.9. The van der Waals surface area contributed by atoms with Gasteiger partial charge in [0.1, 0.15) is 17.8 Å². The van der Waals surface area contributed by atoms with Crippen molar-refractivity contribution in [2.24, 2.45) is 0 Å². The van der Waals surface area contributed by atoms with Crippen molar-refractivity contribution in [1.82, 2.24) is 0 Å². The molecule has 0 amide bonds. The molecule has 0 bridgehead atoms. The molecule has 0 unspecified atom stereocenters. The molecule has 2 aromatic rings. The molecule has 0 N–H and O–H groups in total. The number of methoxy groups -OCH3 is 2. The number of carbonyl (C=O) groups excluding carboxylic acids is 1. The minimum atomic E-state index is 0.743. The monoisotopic (exact) mass is 371 g/mol. The standard InChI is InChI=1S/C19H21NO3.2C2H6/c1-22-17-7-6-16(19(11-17)23-2)12-20-9-3-4-15-10-14(13-21)5-8-18(15)20;2*1-2/h5-8,10-11,13H,3-4,9,12H2,1-2H3;2*1-2H3. The number of rotatable bonds is 5. The van der Waals surface area contributed by atoms with Gasteiger partial charge in [-0.25, -0.2) is 0 Å². The number of anilines is 1. The molecule has 0 atom stereocenters. The highest BCUT2D eigenvalue weighted by Crippen LogP contribution is 2.32. The average molecular weight is 372 g/mol. The summed E-state index contributed by atoms with van der Waals surface area (Å²) in [6, 6.07) is 11.9. The van der Waals surface area contributed by atoms with E-state index in [9.17, 15) is 4.79 Å². The topological polar surface area (TPSA) is 38.8 Å². The van der Waals surface area contributed by atoms with Gasteiger partial charge in [-0.1, -0.05) is 27.7 Å². The summed E-state index contributed by atoms with van der Waals surface area (Å²) in [5, 5.41) is 0. The maximum Gasteiger partial charge on any atom is 0.150 e. The van der Waals surface area contributed by atoms with Crippen LogP contribution in [0.1, 0.15) is 55.6 Å². The molecule has 0 spiro atoms. The number of aldehydes is 1. The molecule has 2 aromatic carbocycles. The van der Waals surface area contributed by atoms with E-state index in [0.29, 0.717) is 0 Å². The molecule has 148 valence electrons. The Balaban J connectivity index is 0.000000855. The Bertz CT molecular complexity index is 713. The summed E-state index contributed by atoms with van der Waals surface area (Å²) in [4.78, 5) is 13.3. The first-order valence-electron chi connectivity index (χ1n) is 9.79. The van der Waals surface area contributed by atoms with E-state index in [1.54, 1.807) is 14.2 Å². The van der Waals surface area contributed by atoms with Gasteiger partial charge in [0.2, 0.25) is 0 Å². The van der Waals surface area contributed by atoms with Crippen LogP contribution in [0.15, 0.2) is 36.4 Å². The molecular weight excluding hydrogens is 338 g/mol. The van der Waals surface area contributed by atoms with Crippen LogP contribution < -0.4 is 14.4 Å². The number of hydrogen-bond donors (Lipinski definition) is 0. The van der Waals surface area contributed by atoms with Gasteiger partial charge in [-0.05, 0) is 48.7 Å². The summed E-state index contributed by atoms with van der Waals surface area (Å²) < 4.78 is 10.8. The van der Waals surface area contributed by atoms with E-state index in [-0.39, 0.29) is 0 Å². The highest BCUT2D eigenvalue weighted by molar-refractivity contribution is 5.77. The highest BCUT2D eigenvalue weighted by Gasteiger charge is 2.19. The van der Waals surface area contributed by atoms with E-state index in [1.165, 1.54) is 11.3 Å². The van der Waals surface area contributed by atoms with Crippen molar-refractivity contribution in [3.05, 3.63) is 53.1 Å². The molecule has 4 nitrogen and oxygen atoms in total. The summed E-state index contributed by atoms with van der Waals surface area (Å²) in [6.45, 7) is 9.78. The second-order valence-corrected chi connectivity index (χ2v) is 5.71. The highest BCUT2D eigenvalue weighted by atomic mass is 16.5. The smallest absolute Gasteiger partial charge is 0.150 e. The van der Waals surface area contributed by atoms with E-state index in [0.717, 1.165) is 54.8 Å². The number of benzene rings is 2. The minimum absolute atomic E-state index is 0.743. The van der Waals surface area contributed by atoms with Gasteiger partial charge in [0.25, 0.3) is 0 Å². The minimum Gasteiger partial charge on any atom is -0.497 e. The quantitative estimate of drug-likeness (QED) is 0.649. The van der Waals surface area contributed by atoms with Crippen molar-refractivity contribution in [3.8, 4) is 11.5 Å². The first-order chi connectivity index (χ1) is 13.2. The summed E-state index contributed by atoms with van der Waals surface area (Å²) in [5.74, 6) is 1.63. The lowest BCUT2D eigenvalue weighted by Gasteiger charge is -2.32. The summed E-state index contributed by atoms with van der Waals surface area (Å²) in [7, 11) is 3.33. The van der Waals surface area contributed by atoms with E-state index in [2.05, 4.69) is 4.90 Å². The maximum absolute atomic E-state index is 11.0. The van der Waals surface area contributed by atoms with Gasteiger partial charge in [-0.15, -0.1) is 0 Å². The lowest BCUT2D eigenvalue weighted by atomic mass is 9.99. The zero-order valence-corrected chi connectivity index (χ0v) is 17.5. The fraction of sp³-hybridized carbons (Fsp3) is 0.435. The van der Waals surface area contributed by atoms with Gasteiger partial charge >= 0.3 is 0 Å². The number of ether oxygens (including phenoxy) is 2. The first kappa shape index (κ1) is 22.6. The Labute approximate surface area is 164 Å². The third-order valence-electron chi connectivity index (χ3n) is 4.31. The molecular formula is C23H33NO3. The predicted octanol–water partition coefficient (Wildman–Crippen LogP) is 5.52. The largest absolute Gasteiger partial charge is 0.497 e. The van der Waals surface area contributed by atoms with Crippen LogP contribution in [0.2, 0.25) is 0 Å². The van der Waals surface area contributed by atoms with Crippen LogP contribution in [0.3, 0.4) is 0 Å². The van der Waals surface area contributed by atoms with Crippen LogP contribution in [0.5, 0.6) is 11.5 Å². The number of aryl methyl sites for hydroxylation is 1. The van der Waals surface area contributed by atoms with Crippen molar-refractivity contribution in [2.75, 3.05) is 25.7 Å². The maximum atomic E-state index is 11.0. The number of nitrogens with zero attached hydrogens (tertiary/aromatic N) is 1. The second-order valence-electron chi connectivity index (χ2n) is 5.71. The van der Waals surface area contributed by atoms with Crippen LogP contribution in [0, 0.1) is 0 Å². The van der Waals surface area contributed by atoms with Gasteiger partial charge in [0.15, 0.2) is 0 Å². The Hall–Kier alpha value is -2.49. The van der Waals surface area contributed by atoms with Gasteiger partial charge in [0.05, 0.1) is 14.2 Å². The van der Waals surface area contributed by atoms with E-state index in [1.807, 2.05) is 64.1 Å². The molecule has 3 rings (SSSR count). The lowest BCUT2D eigenvalue weighted by Crippen LogP contribution is -2.29. The summed E-state index contributed by atoms with van der Waals surface area (Å²) in [6.07, 6.45) is 3.02. The fourth-order valence-electron chi connectivity index (χ4n) is 3.12. The Morgan fingerprint density at radius 2 is 1.74 bits per heavy atom. The Kier molecular flexibility index (Phi) is 10.0. The molecule has 1 heterocycles. The van der Waals surface area contributed by atoms with Gasteiger partial charge in [0, 0.05) is 36.0 Å². The van der Waals surface area contributed by atoms with Crippen LogP contribution >= 0.6 is 0 Å². The van der Waals surface area contributed by atoms with Crippen LogP contribution in [-0.4, -0.2) is 27.1 Å². The molecule has 0 aliphatic carbocycles. The second kappa shape index (κ2) is 12.0. The summed E-state index contributed by atoms with van der Waals surface area (Å²) >= 11 is 0. The Morgan fingerprint density at radius 1 is 1.00 bits per heavy atom. The first-order valence-corrected chi connectivity index (χ1v) is 9.79. The van der Waals surface area contributed by atoms with Gasteiger partial charge in [-0.2, -0.15) is 0 Å².